The summed E-state index contributed by atoms with van der Waals surface area (Å²) in [6.45, 7) is 2.06. The zero-order valence-electron chi connectivity index (χ0n) is 17.9. The van der Waals surface area contributed by atoms with E-state index in [1.165, 1.54) is 11.8 Å². The van der Waals surface area contributed by atoms with Gasteiger partial charge in [-0.05, 0) is 49.1 Å². The van der Waals surface area contributed by atoms with Crippen molar-refractivity contribution in [2.24, 2.45) is 0 Å². The van der Waals surface area contributed by atoms with Gasteiger partial charge in [0.05, 0.1) is 11.4 Å². The Hall–Kier alpha value is -3.10. The van der Waals surface area contributed by atoms with Gasteiger partial charge in [0.1, 0.15) is 0 Å². The van der Waals surface area contributed by atoms with Crippen LogP contribution in [-0.2, 0) is 4.79 Å². The molecule has 2 aromatic carbocycles. The highest BCUT2D eigenvalue weighted by Gasteiger charge is 2.18. The normalized spacial score (nSPS) is 10.8. The van der Waals surface area contributed by atoms with Crippen LogP contribution in [0, 0.1) is 6.92 Å². The standard InChI is InChI=1S/C24H23N5OS2/c1-17-8-3-5-11-20(17)29-23(18-9-7-14-25-16-18)27-28-24(29)32-15-13-22(30)26-19-10-4-6-12-21(19)31-2/h3-12,14,16H,13,15H2,1-2H3,(H,26,30). The number of nitrogens with zero attached hydrogens (tertiary/aromatic N) is 4. The van der Waals surface area contributed by atoms with Crippen molar-refractivity contribution in [2.75, 3.05) is 17.3 Å². The van der Waals surface area contributed by atoms with Gasteiger partial charge in [-0.3, -0.25) is 14.3 Å². The number of pyridine rings is 1. The van der Waals surface area contributed by atoms with E-state index < -0.39 is 0 Å². The van der Waals surface area contributed by atoms with Gasteiger partial charge in [-0.2, -0.15) is 0 Å². The summed E-state index contributed by atoms with van der Waals surface area (Å²) in [5.74, 6) is 1.30. The maximum Gasteiger partial charge on any atom is 0.225 e. The number of rotatable bonds is 8. The predicted octanol–water partition coefficient (Wildman–Crippen LogP) is 5.48. The van der Waals surface area contributed by atoms with E-state index in [1.54, 1.807) is 24.2 Å². The number of nitrogens with one attached hydrogen (secondary N) is 1. The van der Waals surface area contributed by atoms with Crippen LogP contribution >= 0.6 is 23.5 Å². The molecule has 4 aromatic rings. The molecule has 0 aliphatic carbocycles. The van der Waals surface area contributed by atoms with Crippen LogP contribution in [0.1, 0.15) is 12.0 Å². The number of carbonyl (C=O) groups excluding carboxylic acids is 1. The Labute approximate surface area is 195 Å². The molecule has 2 heterocycles. The van der Waals surface area contributed by atoms with E-state index in [4.69, 9.17) is 0 Å². The Kier molecular flexibility index (Phi) is 7.24. The number of thioether (sulfide) groups is 2. The summed E-state index contributed by atoms with van der Waals surface area (Å²) in [5.41, 5.74) is 3.86. The van der Waals surface area contributed by atoms with E-state index in [0.717, 1.165) is 38.4 Å². The first-order valence-electron chi connectivity index (χ1n) is 10.1. The molecule has 0 spiro atoms. The Morgan fingerprint density at radius 2 is 1.84 bits per heavy atom. The molecule has 6 nitrogen and oxygen atoms in total. The van der Waals surface area contributed by atoms with Crippen molar-refractivity contribution in [1.82, 2.24) is 19.7 Å². The first-order valence-corrected chi connectivity index (χ1v) is 12.4. The van der Waals surface area contributed by atoms with Crippen LogP contribution in [-0.4, -0.2) is 37.7 Å². The number of hydrogen-bond donors (Lipinski definition) is 1. The molecule has 162 valence electrons. The molecular weight excluding hydrogens is 438 g/mol. The Morgan fingerprint density at radius 1 is 1.03 bits per heavy atom. The quantitative estimate of drug-likeness (QED) is 0.350. The molecule has 0 unspecified atom stereocenters. The van der Waals surface area contributed by atoms with Crippen LogP contribution in [0.25, 0.3) is 17.1 Å². The minimum atomic E-state index is -0.0200. The highest BCUT2D eigenvalue weighted by molar-refractivity contribution is 7.99. The zero-order valence-corrected chi connectivity index (χ0v) is 19.5. The summed E-state index contributed by atoms with van der Waals surface area (Å²) in [6, 6.07) is 19.8. The van der Waals surface area contributed by atoms with Gasteiger partial charge in [0.2, 0.25) is 5.91 Å². The van der Waals surface area contributed by atoms with Gasteiger partial charge in [-0.15, -0.1) is 22.0 Å². The van der Waals surface area contributed by atoms with E-state index in [1.807, 2.05) is 59.4 Å². The molecule has 0 radical (unpaired) electrons. The summed E-state index contributed by atoms with van der Waals surface area (Å²) >= 11 is 3.13. The Bertz CT molecular complexity index is 1210. The average molecular weight is 462 g/mol. The molecule has 0 fully saturated rings. The smallest absolute Gasteiger partial charge is 0.225 e. The molecule has 2 aromatic heterocycles. The van der Waals surface area contributed by atoms with Crippen molar-refractivity contribution in [3.05, 3.63) is 78.6 Å². The fourth-order valence-electron chi connectivity index (χ4n) is 3.27. The summed E-state index contributed by atoms with van der Waals surface area (Å²) in [5, 5.41) is 12.6. The monoisotopic (exact) mass is 461 g/mol. The largest absolute Gasteiger partial charge is 0.325 e. The fourth-order valence-corrected chi connectivity index (χ4v) is 4.71. The van der Waals surface area contributed by atoms with Gasteiger partial charge < -0.3 is 5.32 Å². The minimum Gasteiger partial charge on any atom is -0.325 e. The van der Waals surface area contributed by atoms with Crippen LogP contribution in [0.15, 0.2) is 83.1 Å². The van der Waals surface area contributed by atoms with Gasteiger partial charge in [-0.1, -0.05) is 42.1 Å². The van der Waals surface area contributed by atoms with Gasteiger partial charge in [0.15, 0.2) is 11.0 Å². The third-order valence-corrected chi connectivity index (χ3v) is 6.58. The third kappa shape index (κ3) is 5.03. The number of hydrogen-bond acceptors (Lipinski definition) is 6. The zero-order chi connectivity index (χ0) is 22.3. The van der Waals surface area contributed by atoms with Crippen molar-refractivity contribution in [2.45, 2.75) is 23.4 Å². The molecule has 1 amide bonds. The molecule has 0 aliphatic rings. The highest BCUT2D eigenvalue weighted by atomic mass is 32.2. The van der Waals surface area contributed by atoms with E-state index in [2.05, 4.69) is 39.6 Å². The number of carbonyl (C=O) groups is 1. The maximum absolute atomic E-state index is 12.5. The molecule has 0 atom stereocenters. The Balaban J connectivity index is 1.52. The van der Waals surface area contributed by atoms with Gasteiger partial charge in [0, 0.05) is 35.0 Å². The Morgan fingerprint density at radius 3 is 2.62 bits per heavy atom. The highest BCUT2D eigenvalue weighted by Crippen LogP contribution is 2.30. The van der Waals surface area contributed by atoms with Crippen molar-refractivity contribution in [1.29, 1.82) is 0 Å². The second kappa shape index (κ2) is 10.5. The van der Waals surface area contributed by atoms with Crippen molar-refractivity contribution < 1.29 is 4.79 Å². The summed E-state index contributed by atoms with van der Waals surface area (Å²) in [4.78, 5) is 17.8. The SMILES string of the molecule is CSc1ccccc1NC(=O)CCSc1nnc(-c2cccnc2)n1-c1ccccc1C. The molecule has 0 saturated carbocycles. The van der Waals surface area contributed by atoms with E-state index in [0.29, 0.717) is 12.2 Å². The molecule has 0 saturated heterocycles. The maximum atomic E-state index is 12.5. The second-order valence-corrected chi connectivity index (χ2v) is 8.93. The number of para-hydroxylation sites is 2. The average Bonchev–Trinajstić information content (AvgIpc) is 3.24. The lowest BCUT2D eigenvalue weighted by Crippen LogP contribution is -2.13. The summed E-state index contributed by atoms with van der Waals surface area (Å²) < 4.78 is 2.04. The first kappa shape index (κ1) is 22.1. The molecular formula is C24H23N5OS2. The van der Waals surface area contributed by atoms with Crippen LogP contribution in [0.2, 0.25) is 0 Å². The predicted molar refractivity (Wildman–Crippen MR) is 132 cm³/mol. The summed E-state index contributed by atoms with van der Waals surface area (Å²) in [6.07, 6.45) is 5.89. The molecule has 0 aliphatic heterocycles. The van der Waals surface area contributed by atoms with E-state index >= 15 is 0 Å². The second-order valence-electron chi connectivity index (χ2n) is 7.02. The van der Waals surface area contributed by atoms with Crippen molar-refractivity contribution in [3.8, 4) is 17.1 Å². The molecule has 8 heteroatoms. The van der Waals surface area contributed by atoms with Crippen LogP contribution in [0.3, 0.4) is 0 Å². The van der Waals surface area contributed by atoms with E-state index in [9.17, 15) is 4.79 Å². The van der Waals surface area contributed by atoms with Crippen LogP contribution in [0.5, 0.6) is 0 Å². The molecule has 4 rings (SSSR count). The fraction of sp³-hybridized carbons (Fsp3) is 0.167. The molecule has 32 heavy (non-hydrogen) atoms. The lowest BCUT2D eigenvalue weighted by atomic mass is 10.2. The first-order chi connectivity index (χ1) is 15.7. The minimum absolute atomic E-state index is 0.0200. The van der Waals surface area contributed by atoms with Crippen LogP contribution in [0.4, 0.5) is 5.69 Å². The third-order valence-electron chi connectivity index (χ3n) is 4.85. The van der Waals surface area contributed by atoms with E-state index in [-0.39, 0.29) is 5.91 Å². The number of benzene rings is 2. The molecule has 0 bridgehead atoms. The van der Waals surface area contributed by atoms with Crippen molar-refractivity contribution in [3.63, 3.8) is 0 Å². The topological polar surface area (TPSA) is 72.7 Å². The van der Waals surface area contributed by atoms with Gasteiger partial charge >= 0.3 is 0 Å². The van der Waals surface area contributed by atoms with Gasteiger partial charge in [0.25, 0.3) is 0 Å². The number of amides is 1. The lowest BCUT2D eigenvalue weighted by molar-refractivity contribution is -0.115. The van der Waals surface area contributed by atoms with Gasteiger partial charge in [-0.25, -0.2) is 0 Å². The number of aryl methyl sites for hydroxylation is 1. The van der Waals surface area contributed by atoms with Crippen LogP contribution < -0.4 is 5.32 Å². The van der Waals surface area contributed by atoms with Crippen molar-refractivity contribution >= 4 is 35.1 Å². The number of aromatic nitrogens is 4. The lowest BCUT2D eigenvalue weighted by Gasteiger charge is -2.13. The molecule has 1 N–H and O–H groups in total. The summed E-state index contributed by atoms with van der Waals surface area (Å²) in [7, 11) is 0. The number of anilines is 1.